The molecule has 8 aromatic rings. The lowest BCUT2D eigenvalue weighted by molar-refractivity contribution is 1.10. The molecule has 6 heteroatoms. The number of nitrogen functional groups attached to an aromatic ring is 1. The van der Waals surface area contributed by atoms with E-state index in [9.17, 15) is 0 Å². The maximum atomic E-state index is 7.37. The number of aromatic amines is 2. The molecule has 0 spiro atoms. The summed E-state index contributed by atoms with van der Waals surface area (Å²) < 4.78 is 2.08. The minimum atomic E-state index is 0.617. The number of hydrogen-bond donors (Lipinski definition) is 3. The molecule has 0 saturated heterocycles. The maximum absolute atomic E-state index is 7.37. The lowest BCUT2D eigenvalue weighted by Crippen LogP contribution is -1.96. The molecule has 256 valence electrons. The Morgan fingerprint density at radius 3 is 1.19 bits per heavy atom. The van der Waals surface area contributed by atoms with Crippen LogP contribution in [0.2, 0.25) is 0 Å². The van der Waals surface area contributed by atoms with E-state index in [0.29, 0.717) is 5.69 Å². The largest absolute Gasteiger partial charge is 0.395 e. The molecule has 0 saturated carbocycles. The molecule has 6 nitrogen and oxygen atoms in total. The van der Waals surface area contributed by atoms with Gasteiger partial charge in [0, 0.05) is 45.7 Å². The average molecular weight is 695 g/mol. The van der Waals surface area contributed by atoms with Crippen molar-refractivity contribution < 1.29 is 0 Å². The van der Waals surface area contributed by atoms with Gasteiger partial charge in [0.15, 0.2) is 0 Å². The van der Waals surface area contributed by atoms with Crippen LogP contribution in [0.5, 0.6) is 0 Å². The fourth-order valence-electron chi connectivity index (χ4n) is 7.75. The van der Waals surface area contributed by atoms with E-state index >= 15 is 0 Å². The summed E-state index contributed by atoms with van der Waals surface area (Å²) in [6, 6.07) is 50.0. The van der Waals surface area contributed by atoms with Crippen LogP contribution < -0.4 is 5.73 Å². The molecule has 2 aliphatic heterocycles. The topological polar surface area (TPSA) is 88.3 Å². The Labute approximate surface area is 312 Å². The third-order valence-corrected chi connectivity index (χ3v) is 10.2. The standard InChI is InChI=1S/C48H34N6/c49-45-46-43(33-19-9-3-10-20-33)39-27-25-37(51-39)41(31-15-5-1-6-16-31)35-23-24-36(50-35)42(32-17-7-2-8-18-32)38-26-28-40(52-38)44(34-21-11-4-12-22-34)47(53-46)48(45)54-29-13-14-30-54/h1-30,50,53H,49H2. The zero-order valence-electron chi connectivity index (χ0n) is 29.2. The van der Waals surface area contributed by atoms with Gasteiger partial charge in [0.25, 0.3) is 0 Å². The number of aromatic nitrogens is 5. The van der Waals surface area contributed by atoms with Crippen molar-refractivity contribution in [3.63, 3.8) is 0 Å². The Morgan fingerprint density at radius 1 is 0.389 bits per heavy atom. The zero-order chi connectivity index (χ0) is 36.0. The minimum absolute atomic E-state index is 0.617. The highest BCUT2D eigenvalue weighted by Gasteiger charge is 2.23. The second-order valence-electron chi connectivity index (χ2n) is 13.4. The highest BCUT2D eigenvalue weighted by molar-refractivity contribution is 6.07. The first-order valence-electron chi connectivity index (χ1n) is 18.0. The van der Waals surface area contributed by atoms with Crippen LogP contribution in [0.15, 0.2) is 158 Å². The first-order valence-corrected chi connectivity index (χ1v) is 18.0. The van der Waals surface area contributed by atoms with Gasteiger partial charge in [0.2, 0.25) is 0 Å². The van der Waals surface area contributed by atoms with Crippen molar-refractivity contribution in [3.05, 3.63) is 181 Å². The first-order chi connectivity index (χ1) is 26.7. The molecule has 6 heterocycles. The van der Waals surface area contributed by atoms with Gasteiger partial charge in [0.1, 0.15) is 0 Å². The summed E-state index contributed by atoms with van der Waals surface area (Å²) in [6.45, 7) is 0. The van der Waals surface area contributed by atoms with Gasteiger partial charge in [-0.05, 0) is 70.8 Å². The molecule has 0 unspecified atom stereocenters. The highest BCUT2D eigenvalue weighted by atomic mass is 15.0. The van der Waals surface area contributed by atoms with Crippen LogP contribution in [0.4, 0.5) is 5.69 Å². The van der Waals surface area contributed by atoms with Gasteiger partial charge in [-0.1, -0.05) is 121 Å². The van der Waals surface area contributed by atoms with E-state index in [-0.39, 0.29) is 0 Å². The number of hydrogen-bond acceptors (Lipinski definition) is 3. The van der Waals surface area contributed by atoms with Gasteiger partial charge in [-0.3, -0.25) is 0 Å². The molecule has 10 rings (SSSR count). The summed E-state index contributed by atoms with van der Waals surface area (Å²) in [6.07, 6.45) is 12.5. The molecule has 0 radical (unpaired) electrons. The monoisotopic (exact) mass is 694 g/mol. The van der Waals surface area contributed by atoms with Crippen molar-refractivity contribution >= 4 is 52.1 Å². The fourth-order valence-corrected chi connectivity index (χ4v) is 7.75. The number of H-pyrrole nitrogens is 2. The van der Waals surface area contributed by atoms with E-state index in [4.69, 9.17) is 15.7 Å². The Hall–Kier alpha value is -7.44. The summed E-state index contributed by atoms with van der Waals surface area (Å²) in [7, 11) is 0. The molecule has 8 bridgehead atoms. The quantitative estimate of drug-likeness (QED) is 0.168. The van der Waals surface area contributed by atoms with Gasteiger partial charge >= 0.3 is 0 Å². The summed E-state index contributed by atoms with van der Waals surface area (Å²) in [5, 5.41) is 0. The maximum Gasteiger partial charge on any atom is 0.0948 e. The molecular weight excluding hydrogens is 661 g/mol. The number of nitrogens with zero attached hydrogens (tertiary/aromatic N) is 3. The van der Waals surface area contributed by atoms with Gasteiger partial charge in [-0.15, -0.1) is 0 Å². The van der Waals surface area contributed by atoms with Crippen LogP contribution in [0.25, 0.3) is 96.6 Å². The normalized spacial score (nSPS) is 12.0. The van der Waals surface area contributed by atoms with Gasteiger partial charge in [-0.25, -0.2) is 9.97 Å². The van der Waals surface area contributed by atoms with Gasteiger partial charge in [-0.2, -0.15) is 0 Å². The van der Waals surface area contributed by atoms with Crippen LogP contribution in [0.1, 0.15) is 22.8 Å². The van der Waals surface area contributed by atoms with Crippen molar-refractivity contribution in [1.29, 1.82) is 0 Å². The van der Waals surface area contributed by atoms with Crippen LogP contribution in [0.3, 0.4) is 0 Å². The minimum Gasteiger partial charge on any atom is -0.395 e. The fraction of sp³-hybridized carbons (Fsp3) is 0. The highest BCUT2D eigenvalue weighted by Crippen LogP contribution is 2.42. The Bertz CT molecular complexity index is 2900. The van der Waals surface area contributed by atoms with Gasteiger partial charge < -0.3 is 20.3 Å². The number of anilines is 1. The van der Waals surface area contributed by atoms with E-state index in [2.05, 4.69) is 148 Å². The molecule has 2 aliphatic rings. The molecule has 0 aliphatic carbocycles. The first kappa shape index (κ1) is 31.3. The lowest BCUT2D eigenvalue weighted by Gasteiger charge is -2.08. The predicted octanol–water partition coefficient (Wildman–Crippen LogP) is 11.7. The predicted molar refractivity (Wildman–Crippen MR) is 224 cm³/mol. The summed E-state index contributed by atoms with van der Waals surface area (Å²) >= 11 is 0. The Balaban J connectivity index is 1.47. The summed E-state index contributed by atoms with van der Waals surface area (Å²) in [5.74, 6) is 0. The molecule has 0 amide bonds. The molecule has 54 heavy (non-hydrogen) atoms. The Kier molecular flexibility index (Phi) is 7.51. The van der Waals surface area contributed by atoms with E-state index in [0.717, 1.165) is 95.0 Å². The van der Waals surface area contributed by atoms with E-state index in [1.54, 1.807) is 0 Å². The number of nitrogens with one attached hydrogen (secondary N) is 2. The molecule has 0 fully saturated rings. The lowest BCUT2D eigenvalue weighted by atomic mass is 10.0. The van der Waals surface area contributed by atoms with Crippen molar-refractivity contribution in [2.45, 2.75) is 0 Å². The van der Waals surface area contributed by atoms with E-state index < -0.39 is 0 Å². The second kappa shape index (κ2) is 13.0. The number of benzene rings is 4. The molecule has 4 aromatic heterocycles. The van der Waals surface area contributed by atoms with Crippen LogP contribution >= 0.6 is 0 Å². The van der Waals surface area contributed by atoms with E-state index in [1.807, 2.05) is 48.8 Å². The molecule has 4 aromatic carbocycles. The molecule has 4 N–H and O–H groups in total. The summed E-state index contributed by atoms with van der Waals surface area (Å²) in [4.78, 5) is 18.6. The zero-order valence-corrected chi connectivity index (χ0v) is 29.2. The average Bonchev–Trinajstić information content (AvgIpc) is 4.08. The Morgan fingerprint density at radius 2 is 0.759 bits per heavy atom. The number of rotatable bonds is 5. The van der Waals surface area contributed by atoms with Crippen molar-refractivity contribution in [2.75, 3.05) is 5.73 Å². The second-order valence-corrected chi connectivity index (χ2v) is 13.4. The summed E-state index contributed by atoms with van der Waals surface area (Å²) in [5.41, 5.74) is 23.8. The van der Waals surface area contributed by atoms with Crippen LogP contribution in [-0.2, 0) is 0 Å². The van der Waals surface area contributed by atoms with E-state index in [1.165, 1.54) is 0 Å². The third kappa shape index (κ3) is 5.28. The van der Waals surface area contributed by atoms with Crippen LogP contribution in [-0.4, -0.2) is 24.5 Å². The van der Waals surface area contributed by atoms with Crippen molar-refractivity contribution in [3.8, 4) is 50.2 Å². The molecular formula is C48H34N6. The SMILES string of the molecule is Nc1c(-n2cccc2)c2[nH]c1c(-c1ccccc1)c1nc(c(-c3ccccc3)c3ccc([nH]3)c(-c3ccccc3)c3nc(c2-c2ccccc2)C=C3)C=C1. The molecule has 0 atom stereocenters. The van der Waals surface area contributed by atoms with Crippen LogP contribution in [0, 0.1) is 0 Å². The number of nitrogens with two attached hydrogens (primary N) is 1. The van der Waals surface area contributed by atoms with Gasteiger partial charge in [0.05, 0.1) is 45.2 Å². The van der Waals surface area contributed by atoms with Crippen molar-refractivity contribution in [2.24, 2.45) is 0 Å². The smallest absolute Gasteiger partial charge is 0.0948 e. The van der Waals surface area contributed by atoms with Crippen molar-refractivity contribution in [1.82, 2.24) is 24.5 Å². The number of fused-ring (bicyclic) bond motifs is 8. The third-order valence-electron chi connectivity index (χ3n) is 10.2.